The van der Waals surface area contributed by atoms with E-state index in [0.717, 1.165) is 0 Å². The first-order valence-corrected chi connectivity index (χ1v) is 4.56. The van der Waals surface area contributed by atoms with Crippen LogP contribution in [-0.4, -0.2) is 17.0 Å². The molecule has 1 aromatic rings. The zero-order valence-electron chi connectivity index (χ0n) is 9.60. The van der Waals surface area contributed by atoms with Crippen LogP contribution >= 0.6 is 0 Å². The van der Waals surface area contributed by atoms with Crippen molar-refractivity contribution in [2.75, 3.05) is 0 Å². The Balaban J connectivity index is 0.00000225. The third-order valence-electron chi connectivity index (χ3n) is 2.03. The van der Waals surface area contributed by atoms with Crippen molar-refractivity contribution >= 4 is 17.6 Å². The molecule has 1 aromatic carbocycles. The number of nitrogens with zero attached hydrogens (tertiary/aromatic N) is 1. The van der Waals surface area contributed by atoms with Gasteiger partial charge in [0.1, 0.15) is 0 Å². The summed E-state index contributed by atoms with van der Waals surface area (Å²) in [5.41, 5.74) is 1.14. The van der Waals surface area contributed by atoms with Crippen molar-refractivity contribution in [1.82, 2.24) is 0 Å². The van der Waals surface area contributed by atoms with E-state index < -0.39 is 11.9 Å². The number of carbonyl (C=O) groups is 1. The summed E-state index contributed by atoms with van der Waals surface area (Å²) in [6.45, 7) is 2.95. The number of rotatable bonds is 3. The number of carboxylic acid groups (broad SMARTS) is 1. The molecule has 80 valence electrons. The average molecular weight is 229 g/mol. The van der Waals surface area contributed by atoms with Gasteiger partial charge in [-0.15, -0.1) is 0 Å². The monoisotopic (exact) mass is 229 g/mol. The first-order valence-electron chi connectivity index (χ1n) is 4.56. The van der Waals surface area contributed by atoms with Crippen LogP contribution in [-0.2, 0) is 4.79 Å². The molecule has 1 rings (SSSR count). The van der Waals surface area contributed by atoms with E-state index >= 15 is 0 Å². The van der Waals surface area contributed by atoms with Gasteiger partial charge in [0.05, 0.1) is 11.6 Å². The molecule has 0 aliphatic heterocycles. The molecule has 4 nitrogen and oxygen atoms in total. The van der Waals surface area contributed by atoms with Crippen LogP contribution in [0.4, 0.5) is 5.69 Å². The predicted molar refractivity (Wildman–Crippen MR) is 55.3 cm³/mol. The van der Waals surface area contributed by atoms with E-state index in [1.165, 1.54) is 6.92 Å². The molecule has 0 heterocycles. The molecule has 16 heavy (non-hydrogen) atoms. The van der Waals surface area contributed by atoms with E-state index in [4.69, 9.17) is 5.11 Å². The third-order valence-corrected chi connectivity index (χ3v) is 2.03. The Morgan fingerprint density at radius 2 is 2.12 bits per heavy atom. The van der Waals surface area contributed by atoms with Crippen LogP contribution in [0, 0.1) is 0 Å². The molecule has 0 saturated heterocycles. The van der Waals surface area contributed by atoms with Crippen molar-refractivity contribution in [2.45, 2.75) is 19.8 Å². The first kappa shape index (κ1) is 15.2. The fourth-order valence-corrected chi connectivity index (χ4v) is 1.19. The molecular weight excluding hydrogens is 217 g/mol. The van der Waals surface area contributed by atoms with Crippen LogP contribution in [0.5, 0.6) is 0 Å². The van der Waals surface area contributed by atoms with Crippen LogP contribution in [0.25, 0.3) is 0 Å². The molecular formula is C11H12NNaO3. The average Bonchev–Trinajstić information content (AvgIpc) is 2.16. The van der Waals surface area contributed by atoms with E-state index in [9.17, 15) is 9.90 Å². The largest absolute Gasteiger partial charge is 1.00 e. The van der Waals surface area contributed by atoms with Crippen molar-refractivity contribution < 1.29 is 44.6 Å². The number of aliphatic carboxylic acids is 1. The van der Waals surface area contributed by atoms with Crippen molar-refractivity contribution in [3.8, 4) is 0 Å². The minimum absolute atomic E-state index is 0. The first-order chi connectivity index (χ1) is 7.00. The Bertz CT molecular complexity index is 400. The topological polar surface area (TPSA) is 72.7 Å². The van der Waals surface area contributed by atoms with Crippen LogP contribution in [0.1, 0.15) is 25.3 Å². The molecule has 0 aliphatic rings. The van der Waals surface area contributed by atoms with Gasteiger partial charge in [0.2, 0.25) is 0 Å². The molecule has 0 aliphatic carbocycles. The Morgan fingerprint density at radius 3 is 2.62 bits per heavy atom. The molecule has 1 N–H and O–H groups in total. The van der Waals surface area contributed by atoms with Gasteiger partial charge in [-0.05, 0) is 37.4 Å². The standard InChI is InChI=1S/C11H13NO3.Na/c1-7(11(14)15)9-4-3-5-10(6-9)12-8(2)13;/h3-7H,1-2H3,(H,12,13)(H,14,15);/q;+1/p-1/t7-;/m1./s1. The van der Waals surface area contributed by atoms with Gasteiger partial charge >= 0.3 is 35.5 Å². The van der Waals surface area contributed by atoms with Gasteiger partial charge in [0.15, 0.2) is 0 Å². The van der Waals surface area contributed by atoms with Gasteiger partial charge in [0, 0.05) is 0 Å². The van der Waals surface area contributed by atoms with Crippen LogP contribution in [0.2, 0.25) is 0 Å². The molecule has 1 atom stereocenters. The third kappa shape index (κ3) is 4.35. The second-order valence-electron chi connectivity index (χ2n) is 3.29. The van der Waals surface area contributed by atoms with Gasteiger partial charge in [-0.2, -0.15) is 0 Å². The quantitative estimate of drug-likeness (QED) is 0.381. The van der Waals surface area contributed by atoms with Crippen LogP contribution in [0.3, 0.4) is 0 Å². The number of aliphatic imine (C=N–C) groups is 1. The van der Waals surface area contributed by atoms with Gasteiger partial charge < -0.3 is 10.2 Å². The summed E-state index contributed by atoms with van der Waals surface area (Å²) in [7, 11) is 0. The van der Waals surface area contributed by atoms with E-state index in [1.807, 2.05) is 0 Å². The zero-order chi connectivity index (χ0) is 11.4. The van der Waals surface area contributed by atoms with E-state index in [1.54, 1.807) is 31.2 Å². The van der Waals surface area contributed by atoms with Gasteiger partial charge in [-0.25, -0.2) is 0 Å². The summed E-state index contributed by atoms with van der Waals surface area (Å²) < 4.78 is 0. The maximum atomic E-state index is 10.7. The number of benzene rings is 1. The summed E-state index contributed by atoms with van der Waals surface area (Å²) in [6.07, 6.45) is 0. The molecule has 5 heteroatoms. The van der Waals surface area contributed by atoms with Crippen molar-refractivity contribution in [2.24, 2.45) is 4.99 Å². The summed E-state index contributed by atoms with van der Waals surface area (Å²) >= 11 is 0. The Morgan fingerprint density at radius 1 is 1.50 bits per heavy atom. The molecule has 0 bridgehead atoms. The van der Waals surface area contributed by atoms with Crippen molar-refractivity contribution in [3.05, 3.63) is 29.8 Å². The second-order valence-corrected chi connectivity index (χ2v) is 3.29. The Hall–Kier alpha value is -0.840. The maximum absolute atomic E-state index is 10.7. The summed E-state index contributed by atoms with van der Waals surface area (Å²) in [4.78, 5) is 14.5. The Labute approximate surface area is 116 Å². The minimum atomic E-state index is -0.894. The zero-order valence-corrected chi connectivity index (χ0v) is 11.6. The second kappa shape index (κ2) is 6.68. The van der Waals surface area contributed by atoms with Crippen molar-refractivity contribution in [3.63, 3.8) is 0 Å². The minimum Gasteiger partial charge on any atom is -0.862 e. The molecule has 0 unspecified atom stereocenters. The summed E-state index contributed by atoms with van der Waals surface area (Å²) in [5.74, 6) is -1.78. The molecule has 0 radical (unpaired) electrons. The number of carboxylic acids is 1. The maximum Gasteiger partial charge on any atom is 1.00 e. The van der Waals surface area contributed by atoms with Gasteiger partial charge in [0.25, 0.3) is 0 Å². The SMILES string of the molecule is CC([O-])=Nc1cccc([C@@H](C)C(=O)O)c1.[Na+]. The van der Waals surface area contributed by atoms with Crippen LogP contribution < -0.4 is 34.7 Å². The smallest absolute Gasteiger partial charge is 0.862 e. The van der Waals surface area contributed by atoms with E-state index in [-0.39, 0.29) is 35.5 Å². The fourth-order valence-electron chi connectivity index (χ4n) is 1.19. The molecule has 0 spiro atoms. The summed E-state index contributed by atoms with van der Waals surface area (Å²) in [5, 5.41) is 19.6. The molecule has 0 amide bonds. The summed E-state index contributed by atoms with van der Waals surface area (Å²) in [6, 6.07) is 6.67. The van der Waals surface area contributed by atoms with Gasteiger partial charge in [-0.1, -0.05) is 12.1 Å². The molecule has 0 aromatic heterocycles. The predicted octanol–water partition coefficient (Wildman–Crippen LogP) is -1.71. The molecule has 0 fully saturated rings. The number of hydrogen-bond donors (Lipinski definition) is 1. The van der Waals surface area contributed by atoms with E-state index in [2.05, 4.69) is 4.99 Å². The molecule has 0 saturated carbocycles. The normalized spacial score (nSPS) is 12.8. The number of hydrogen-bond acceptors (Lipinski definition) is 3. The van der Waals surface area contributed by atoms with Crippen molar-refractivity contribution in [1.29, 1.82) is 0 Å². The van der Waals surface area contributed by atoms with E-state index in [0.29, 0.717) is 11.3 Å². The van der Waals surface area contributed by atoms with Crippen LogP contribution in [0.15, 0.2) is 29.3 Å². The fraction of sp³-hybridized carbons (Fsp3) is 0.273. The van der Waals surface area contributed by atoms with Gasteiger partial charge in [-0.3, -0.25) is 9.79 Å². The Kier molecular flexibility index (Phi) is 6.33.